The van der Waals surface area contributed by atoms with Gasteiger partial charge in [0.15, 0.2) is 0 Å². The Balaban J connectivity index is 1.71. The second kappa shape index (κ2) is 8.15. The summed E-state index contributed by atoms with van der Waals surface area (Å²) >= 11 is 6.77. The van der Waals surface area contributed by atoms with Gasteiger partial charge >= 0.3 is 0 Å². The lowest BCUT2D eigenvalue weighted by Gasteiger charge is -2.18. The lowest BCUT2D eigenvalue weighted by Crippen LogP contribution is -2.33. The molecule has 3 rings (SSSR count). The molecule has 1 amide bonds. The molecule has 0 aromatic heterocycles. The maximum atomic E-state index is 12.8. The highest BCUT2D eigenvalue weighted by Crippen LogP contribution is 2.33. The standard InChI is InChI=1S/C21H23N3OS2/c1-14-6-5-7-18(15(14)2)22-13-24-20(25)19(27-21(24)26)12-16-8-10-17(11-9-16)23(3)4/h5-12,22H,13H2,1-4H3. The SMILES string of the molecule is Cc1cccc(NCN2C(=O)C(=Cc3ccc(N(C)C)cc3)SC2=S)c1C. The summed E-state index contributed by atoms with van der Waals surface area (Å²) in [4.78, 5) is 17.1. The van der Waals surface area contributed by atoms with Gasteiger partial charge in [0, 0.05) is 25.5 Å². The fourth-order valence-corrected chi connectivity index (χ4v) is 4.02. The van der Waals surface area contributed by atoms with Crippen LogP contribution in [0.25, 0.3) is 6.08 Å². The number of nitrogens with zero attached hydrogens (tertiary/aromatic N) is 2. The summed E-state index contributed by atoms with van der Waals surface area (Å²) in [7, 11) is 4.01. The Morgan fingerprint density at radius 3 is 2.52 bits per heavy atom. The fourth-order valence-electron chi connectivity index (χ4n) is 2.76. The second-order valence-electron chi connectivity index (χ2n) is 6.68. The van der Waals surface area contributed by atoms with Crippen molar-refractivity contribution in [2.24, 2.45) is 0 Å². The van der Waals surface area contributed by atoms with Gasteiger partial charge in [0.1, 0.15) is 4.32 Å². The number of carbonyl (C=O) groups is 1. The number of hydrogen-bond donors (Lipinski definition) is 1. The molecule has 140 valence electrons. The lowest BCUT2D eigenvalue weighted by molar-refractivity contribution is -0.121. The van der Waals surface area contributed by atoms with Gasteiger partial charge in [-0.1, -0.05) is 48.2 Å². The van der Waals surface area contributed by atoms with Crippen LogP contribution >= 0.6 is 24.0 Å². The Kier molecular flexibility index (Phi) is 5.87. The minimum atomic E-state index is -0.0560. The summed E-state index contributed by atoms with van der Waals surface area (Å²) in [5, 5.41) is 3.33. The Morgan fingerprint density at radius 2 is 1.85 bits per heavy atom. The van der Waals surface area contributed by atoms with Crippen LogP contribution in [0.1, 0.15) is 16.7 Å². The van der Waals surface area contributed by atoms with Gasteiger partial charge in [-0.3, -0.25) is 9.69 Å². The highest BCUT2D eigenvalue weighted by atomic mass is 32.2. The maximum absolute atomic E-state index is 12.8. The van der Waals surface area contributed by atoms with Crippen LogP contribution in [0.2, 0.25) is 0 Å². The molecule has 1 aliphatic rings. The molecule has 0 unspecified atom stereocenters. The molecule has 0 atom stereocenters. The van der Waals surface area contributed by atoms with E-state index in [-0.39, 0.29) is 5.91 Å². The molecule has 1 aliphatic heterocycles. The number of rotatable bonds is 5. The van der Waals surface area contributed by atoms with E-state index in [1.54, 1.807) is 4.90 Å². The second-order valence-corrected chi connectivity index (χ2v) is 8.35. The van der Waals surface area contributed by atoms with Crippen molar-refractivity contribution in [1.82, 2.24) is 4.90 Å². The first-order chi connectivity index (χ1) is 12.9. The Labute approximate surface area is 170 Å². The van der Waals surface area contributed by atoms with Gasteiger partial charge in [0.25, 0.3) is 5.91 Å². The molecule has 0 bridgehead atoms. The summed E-state index contributed by atoms with van der Waals surface area (Å²) in [5.74, 6) is -0.0560. The Hall–Kier alpha value is -2.31. The molecule has 0 aliphatic carbocycles. The van der Waals surface area contributed by atoms with Crippen molar-refractivity contribution in [2.45, 2.75) is 13.8 Å². The number of hydrogen-bond acceptors (Lipinski definition) is 5. The highest BCUT2D eigenvalue weighted by Gasteiger charge is 2.31. The summed E-state index contributed by atoms with van der Waals surface area (Å²) in [6.45, 7) is 4.51. The topological polar surface area (TPSA) is 35.6 Å². The lowest BCUT2D eigenvalue weighted by atomic mass is 10.1. The fraction of sp³-hybridized carbons (Fsp3) is 0.238. The summed E-state index contributed by atoms with van der Waals surface area (Å²) in [6.07, 6.45) is 1.90. The maximum Gasteiger partial charge on any atom is 0.267 e. The van der Waals surface area contributed by atoms with Crippen molar-refractivity contribution < 1.29 is 4.79 Å². The molecule has 27 heavy (non-hydrogen) atoms. The highest BCUT2D eigenvalue weighted by molar-refractivity contribution is 8.26. The van der Waals surface area contributed by atoms with E-state index in [2.05, 4.69) is 25.2 Å². The Morgan fingerprint density at radius 1 is 1.15 bits per heavy atom. The predicted octanol–water partition coefficient (Wildman–Crippen LogP) is 4.64. The van der Waals surface area contributed by atoms with Crippen LogP contribution in [0.5, 0.6) is 0 Å². The van der Waals surface area contributed by atoms with Crippen LogP contribution in [0.3, 0.4) is 0 Å². The van der Waals surface area contributed by atoms with Gasteiger partial charge in [0.2, 0.25) is 0 Å². The largest absolute Gasteiger partial charge is 0.378 e. The molecular formula is C21H23N3OS2. The van der Waals surface area contributed by atoms with Gasteiger partial charge in [0.05, 0.1) is 11.6 Å². The van der Waals surface area contributed by atoms with Gasteiger partial charge in [-0.05, 0) is 54.8 Å². The van der Waals surface area contributed by atoms with Crippen molar-refractivity contribution in [1.29, 1.82) is 0 Å². The number of nitrogens with one attached hydrogen (secondary N) is 1. The van der Waals surface area contributed by atoms with E-state index in [1.807, 2.05) is 61.5 Å². The minimum absolute atomic E-state index is 0.0560. The van der Waals surface area contributed by atoms with Crippen LogP contribution in [0.4, 0.5) is 11.4 Å². The van der Waals surface area contributed by atoms with Crippen LogP contribution in [0.15, 0.2) is 47.4 Å². The van der Waals surface area contributed by atoms with E-state index in [1.165, 1.54) is 22.9 Å². The molecule has 6 heteroatoms. The average Bonchev–Trinajstić information content (AvgIpc) is 2.90. The van der Waals surface area contributed by atoms with E-state index >= 15 is 0 Å². The zero-order valence-corrected chi connectivity index (χ0v) is 17.6. The zero-order chi connectivity index (χ0) is 19.6. The van der Waals surface area contributed by atoms with Crippen LogP contribution in [-0.2, 0) is 4.79 Å². The van der Waals surface area contributed by atoms with Gasteiger partial charge < -0.3 is 10.2 Å². The third-order valence-corrected chi connectivity index (χ3v) is 5.99. The van der Waals surface area contributed by atoms with Crippen molar-refractivity contribution in [2.75, 3.05) is 31.0 Å². The number of anilines is 2. The van der Waals surface area contributed by atoms with E-state index in [9.17, 15) is 4.79 Å². The van der Waals surface area contributed by atoms with Crippen LogP contribution < -0.4 is 10.2 Å². The molecule has 2 aromatic rings. The first-order valence-corrected chi connectivity index (χ1v) is 9.92. The quantitative estimate of drug-likeness (QED) is 0.587. The van der Waals surface area contributed by atoms with E-state index in [0.717, 1.165) is 16.9 Å². The first kappa shape index (κ1) is 19.5. The van der Waals surface area contributed by atoms with Gasteiger partial charge in [-0.2, -0.15) is 0 Å². The van der Waals surface area contributed by atoms with Gasteiger partial charge in [-0.25, -0.2) is 0 Å². The molecule has 4 nitrogen and oxygen atoms in total. The minimum Gasteiger partial charge on any atom is -0.378 e. The van der Waals surface area contributed by atoms with Crippen molar-refractivity contribution in [3.8, 4) is 0 Å². The Bertz CT molecular complexity index is 904. The summed E-state index contributed by atoms with van der Waals surface area (Å²) in [6, 6.07) is 14.2. The van der Waals surface area contributed by atoms with E-state index in [4.69, 9.17) is 12.2 Å². The van der Waals surface area contributed by atoms with E-state index in [0.29, 0.717) is 15.9 Å². The number of aryl methyl sites for hydroxylation is 1. The number of carbonyl (C=O) groups excluding carboxylic acids is 1. The molecule has 0 saturated carbocycles. The molecule has 1 heterocycles. The number of thioether (sulfide) groups is 1. The molecule has 1 fully saturated rings. The van der Waals surface area contributed by atoms with Crippen molar-refractivity contribution in [3.05, 3.63) is 64.1 Å². The van der Waals surface area contributed by atoms with Crippen LogP contribution in [0, 0.1) is 13.8 Å². The van der Waals surface area contributed by atoms with E-state index < -0.39 is 0 Å². The van der Waals surface area contributed by atoms with Crippen molar-refractivity contribution >= 4 is 51.7 Å². The molecule has 2 aromatic carbocycles. The third kappa shape index (κ3) is 4.34. The predicted molar refractivity (Wildman–Crippen MR) is 120 cm³/mol. The monoisotopic (exact) mass is 397 g/mol. The summed E-state index contributed by atoms with van der Waals surface area (Å²) < 4.78 is 0.578. The van der Waals surface area contributed by atoms with Gasteiger partial charge in [-0.15, -0.1) is 0 Å². The number of benzene rings is 2. The smallest absolute Gasteiger partial charge is 0.267 e. The third-order valence-electron chi connectivity index (χ3n) is 4.61. The van der Waals surface area contributed by atoms with Crippen LogP contribution in [-0.4, -0.2) is 35.9 Å². The molecule has 1 saturated heterocycles. The molecule has 0 radical (unpaired) electrons. The average molecular weight is 398 g/mol. The normalized spacial score (nSPS) is 15.6. The zero-order valence-electron chi connectivity index (χ0n) is 15.9. The first-order valence-electron chi connectivity index (χ1n) is 8.69. The van der Waals surface area contributed by atoms with Crippen molar-refractivity contribution in [3.63, 3.8) is 0 Å². The molecular weight excluding hydrogens is 374 g/mol. The summed E-state index contributed by atoms with van der Waals surface area (Å²) in [5.41, 5.74) is 5.53. The molecule has 0 spiro atoms. The number of thiocarbonyl (C=S) groups is 1. The molecule has 1 N–H and O–H groups in total. The number of amides is 1.